The van der Waals surface area contributed by atoms with E-state index in [1.165, 1.54) is 95.1 Å². The average Bonchev–Trinajstić information content (AvgIpc) is 2.90. The molecule has 1 aliphatic carbocycles. The number of rotatable bonds is 15. The number of benzene rings is 1. The van der Waals surface area contributed by atoms with Crippen molar-refractivity contribution in [3.8, 4) is 17.0 Å². The van der Waals surface area contributed by atoms with Gasteiger partial charge in [0.25, 0.3) is 0 Å². The third-order valence-corrected chi connectivity index (χ3v) is 8.43. The molecule has 0 radical (unpaired) electrons. The molecule has 3 rings (SSSR count). The molecule has 0 amide bonds. The Kier molecular flexibility index (Phi) is 11.7. The molecule has 0 spiro atoms. The van der Waals surface area contributed by atoms with Crippen LogP contribution >= 0.6 is 0 Å². The molecule has 1 aromatic heterocycles. The van der Waals surface area contributed by atoms with Gasteiger partial charge in [0.1, 0.15) is 11.6 Å². The minimum Gasteiger partial charge on any atom is -0.491 e. The molecule has 1 fully saturated rings. The molecule has 1 heterocycles. The Labute approximate surface area is 220 Å². The molecule has 0 saturated heterocycles. The molecule has 2 atom stereocenters. The lowest BCUT2D eigenvalue weighted by atomic mass is 9.60. The van der Waals surface area contributed by atoms with Crippen LogP contribution in [0.25, 0.3) is 11.3 Å². The lowest BCUT2D eigenvalue weighted by Gasteiger charge is -2.44. The highest BCUT2D eigenvalue weighted by molar-refractivity contribution is 5.61. The third-order valence-electron chi connectivity index (χ3n) is 8.43. The number of ether oxygens (including phenoxy) is 1. The fraction of sp³-hybridized carbons (Fsp3) is 0.667. The number of halogens is 1. The second-order valence-corrected chi connectivity index (χ2v) is 11.2. The van der Waals surface area contributed by atoms with Crippen LogP contribution < -0.4 is 4.74 Å². The zero-order valence-corrected chi connectivity index (χ0v) is 23.5. The van der Waals surface area contributed by atoms with Gasteiger partial charge in [0.15, 0.2) is 0 Å². The van der Waals surface area contributed by atoms with Crippen LogP contribution in [-0.2, 0) is 5.41 Å². The second kappa shape index (κ2) is 14.7. The summed E-state index contributed by atoms with van der Waals surface area (Å²) in [6.45, 7) is 8.91. The summed E-state index contributed by atoms with van der Waals surface area (Å²) in [5, 5.41) is 0. The second-order valence-electron chi connectivity index (χ2n) is 11.2. The van der Waals surface area contributed by atoms with Crippen molar-refractivity contribution in [2.24, 2.45) is 5.92 Å². The Balaban J connectivity index is 1.75. The number of unbranched alkanes of at least 4 members (excludes halogenated alkanes) is 4. The summed E-state index contributed by atoms with van der Waals surface area (Å²) < 4.78 is 21.1. The Morgan fingerprint density at radius 3 is 2.28 bits per heavy atom. The summed E-state index contributed by atoms with van der Waals surface area (Å²) in [5.41, 5.74) is 2.87. The van der Waals surface area contributed by atoms with Gasteiger partial charge in [0, 0.05) is 17.8 Å². The predicted octanol–water partition coefficient (Wildman–Crippen LogP) is 10.4. The molecule has 1 aromatic carbocycles. The SMILES string of the molecule is CCCCCC[C@H](C)Oc1ccc(-c2ccc(C3(C(CCC)CCCC)CCCCC3)cn2)c(F)c1. The first-order valence-corrected chi connectivity index (χ1v) is 15.0. The fourth-order valence-corrected chi connectivity index (χ4v) is 6.39. The van der Waals surface area contributed by atoms with Gasteiger partial charge >= 0.3 is 0 Å². The summed E-state index contributed by atoms with van der Waals surface area (Å²) >= 11 is 0. The van der Waals surface area contributed by atoms with Crippen molar-refractivity contribution >= 4 is 0 Å². The van der Waals surface area contributed by atoms with Gasteiger partial charge in [0.05, 0.1) is 11.8 Å². The van der Waals surface area contributed by atoms with E-state index in [1.807, 2.05) is 18.2 Å². The van der Waals surface area contributed by atoms with Crippen LogP contribution in [0.5, 0.6) is 5.75 Å². The molecule has 3 heteroatoms. The highest BCUT2D eigenvalue weighted by atomic mass is 19.1. The molecule has 36 heavy (non-hydrogen) atoms. The van der Waals surface area contributed by atoms with Crippen molar-refractivity contribution < 1.29 is 9.13 Å². The van der Waals surface area contributed by atoms with Gasteiger partial charge in [-0.15, -0.1) is 0 Å². The van der Waals surface area contributed by atoms with Crippen LogP contribution in [0.4, 0.5) is 4.39 Å². The van der Waals surface area contributed by atoms with E-state index in [9.17, 15) is 0 Å². The van der Waals surface area contributed by atoms with Crippen molar-refractivity contribution in [3.05, 3.63) is 47.9 Å². The van der Waals surface area contributed by atoms with Gasteiger partial charge in [-0.1, -0.05) is 84.6 Å². The first kappa shape index (κ1) is 28.7. The Morgan fingerprint density at radius 2 is 1.64 bits per heavy atom. The third kappa shape index (κ3) is 7.56. The molecule has 200 valence electrons. The number of hydrogen-bond acceptors (Lipinski definition) is 2. The molecule has 0 aliphatic heterocycles. The first-order chi connectivity index (χ1) is 17.5. The molecule has 2 nitrogen and oxygen atoms in total. The molecular formula is C33H50FNO. The van der Waals surface area contributed by atoms with E-state index in [1.54, 1.807) is 0 Å². The van der Waals surface area contributed by atoms with E-state index in [4.69, 9.17) is 9.72 Å². The lowest BCUT2D eigenvalue weighted by Crippen LogP contribution is -2.37. The predicted molar refractivity (Wildman–Crippen MR) is 151 cm³/mol. The topological polar surface area (TPSA) is 22.1 Å². The Bertz CT molecular complexity index is 887. The van der Waals surface area contributed by atoms with Gasteiger partial charge in [-0.05, 0) is 80.5 Å². The van der Waals surface area contributed by atoms with E-state index >= 15 is 4.39 Å². The number of nitrogens with zero attached hydrogens (tertiary/aromatic N) is 1. The monoisotopic (exact) mass is 495 g/mol. The van der Waals surface area contributed by atoms with Crippen LogP contribution in [0.15, 0.2) is 36.5 Å². The summed E-state index contributed by atoms with van der Waals surface area (Å²) in [5.74, 6) is 1.06. The van der Waals surface area contributed by atoms with Crippen LogP contribution in [0.3, 0.4) is 0 Å². The summed E-state index contributed by atoms with van der Waals surface area (Å²) in [6, 6.07) is 9.54. The maximum Gasteiger partial charge on any atom is 0.136 e. The first-order valence-electron chi connectivity index (χ1n) is 15.0. The smallest absolute Gasteiger partial charge is 0.136 e. The van der Waals surface area contributed by atoms with Crippen molar-refractivity contribution in [3.63, 3.8) is 0 Å². The highest BCUT2D eigenvalue weighted by Crippen LogP contribution is 2.48. The van der Waals surface area contributed by atoms with E-state index in [0.29, 0.717) is 22.9 Å². The van der Waals surface area contributed by atoms with Gasteiger partial charge in [-0.25, -0.2) is 4.39 Å². The minimum atomic E-state index is -0.259. The van der Waals surface area contributed by atoms with Gasteiger partial charge in [-0.2, -0.15) is 0 Å². The highest BCUT2D eigenvalue weighted by Gasteiger charge is 2.40. The van der Waals surface area contributed by atoms with Crippen molar-refractivity contribution in [1.82, 2.24) is 4.98 Å². The molecule has 0 bridgehead atoms. The van der Waals surface area contributed by atoms with E-state index in [2.05, 4.69) is 40.0 Å². The van der Waals surface area contributed by atoms with Crippen LogP contribution in [0, 0.1) is 11.7 Å². The van der Waals surface area contributed by atoms with E-state index in [0.717, 1.165) is 12.8 Å². The number of pyridine rings is 1. The molecule has 1 saturated carbocycles. The van der Waals surface area contributed by atoms with Crippen molar-refractivity contribution in [2.45, 2.75) is 136 Å². The fourth-order valence-electron chi connectivity index (χ4n) is 6.39. The quantitative estimate of drug-likeness (QED) is 0.229. The zero-order valence-electron chi connectivity index (χ0n) is 23.5. The van der Waals surface area contributed by atoms with E-state index < -0.39 is 0 Å². The van der Waals surface area contributed by atoms with Gasteiger partial charge < -0.3 is 4.74 Å². The molecular weight excluding hydrogens is 445 g/mol. The van der Waals surface area contributed by atoms with Crippen LogP contribution in [0.1, 0.15) is 130 Å². The summed E-state index contributed by atoms with van der Waals surface area (Å²) in [4.78, 5) is 4.82. The summed E-state index contributed by atoms with van der Waals surface area (Å²) in [7, 11) is 0. The molecule has 2 aromatic rings. The van der Waals surface area contributed by atoms with Crippen molar-refractivity contribution in [2.75, 3.05) is 0 Å². The molecule has 1 aliphatic rings. The van der Waals surface area contributed by atoms with Crippen LogP contribution in [-0.4, -0.2) is 11.1 Å². The minimum absolute atomic E-state index is 0.0972. The largest absolute Gasteiger partial charge is 0.491 e. The maximum absolute atomic E-state index is 15.1. The van der Waals surface area contributed by atoms with Crippen LogP contribution in [0.2, 0.25) is 0 Å². The van der Waals surface area contributed by atoms with Gasteiger partial charge in [-0.3, -0.25) is 4.98 Å². The van der Waals surface area contributed by atoms with Gasteiger partial charge in [0.2, 0.25) is 0 Å². The normalized spacial score (nSPS) is 17.0. The maximum atomic E-state index is 15.1. The molecule has 0 N–H and O–H groups in total. The molecule has 1 unspecified atom stereocenters. The Morgan fingerprint density at radius 1 is 0.861 bits per heavy atom. The average molecular weight is 496 g/mol. The van der Waals surface area contributed by atoms with E-state index in [-0.39, 0.29) is 17.3 Å². The van der Waals surface area contributed by atoms with Crippen molar-refractivity contribution in [1.29, 1.82) is 0 Å². The Hall–Kier alpha value is -1.90. The number of hydrogen-bond donors (Lipinski definition) is 0. The zero-order chi connectivity index (χ0) is 25.8. The lowest BCUT2D eigenvalue weighted by molar-refractivity contribution is 0.166. The standard InChI is InChI=1S/C33H50FNO/c1-5-8-10-12-16-26(4)36-29-19-20-30(31(34)24-29)32-21-18-28(25-35-32)33(22-13-11-14-23-33)27(15-7-3)17-9-6-2/h18-21,24-27H,5-17,22-23H2,1-4H3/t26-,27?/m0/s1. The number of aromatic nitrogens is 1. The summed E-state index contributed by atoms with van der Waals surface area (Å²) in [6.07, 6.45) is 20.9.